The van der Waals surface area contributed by atoms with Gasteiger partial charge in [0.2, 0.25) is 10.0 Å². The van der Waals surface area contributed by atoms with Gasteiger partial charge in [-0.05, 0) is 24.1 Å². The molecule has 0 bridgehead atoms. The maximum atomic E-state index is 11.8. The van der Waals surface area contributed by atoms with Gasteiger partial charge in [-0.2, -0.15) is 0 Å². The number of carboxylic acid groups (broad SMARTS) is 1. The van der Waals surface area contributed by atoms with Crippen LogP contribution in [-0.4, -0.2) is 38.8 Å². The van der Waals surface area contributed by atoms with Crippen molar-refractivity contribution in [3.05, 3.63) is 29.3 Å². The van der Waals surface area contributed by atoms with Gasteiger partial charge < -0.3 is 9.84 Å². The fourth-order valence-corrected chi connectivity index (χ4v) is 2.00. The maximum Gasteiger partial charge on any atom is 0.303 e. The molecule has 1 aromatic carbocycles. The summed E-state index contributed by atoms with van der Waals surface area (Å²) in [6, 6.07) is 4.47. The molecule has 0 saturated heterocycles. The first-order chi connectivity index (χ1) is 9.23. The van der Waals surface area contributed by atoms with Crippen molar-refractivity contribution in [3.63, 3.8) is 0 Å². The maximum absolute atomic E-state index is 11.8. The van der Waals surface area contributed by atoms with Crippen LogP contribution >= 0.6 is 0 Å². The number of carbonyl (C=O) groups excluding carboxylic acids is 1. The summed E-state index contributed by atoms with van der Waals surface area (Å²) in [6.07, 6.45) is 1.12. The molecule has 20 heavy (non-hydrogen) atoms. The third kappa shape index (κ3) is 4.88. The minimum Gasteiger partial charge on any atom is -0.496 e. The second-order valence-electron chi connectivity index (χ2n) is 4.13. The van der Waals surface area contributed by atoms with Crippen LogP contribution in [0.5, 0.6) is 5.75 Å². The molecule has 0 radical (unpaired) electrons. The van der Waals surface area contributed by atoms with Gasteiger partial charge in [0.25, 0.3) is 5.91 Å². The van der Waals surface area contributed by atoms with Crippen molar-refractivity contribution < 1.29 is 27.9 Å². The molecule has 1 rings (SSSR count). The van der Waals surface area contributed by atoms with Crippen molar-refractivity contribution in [3.8, 4) is 5.75 Å². The van der Waals surface area contributed by atoms with Crippen molar-refractivity contribution in [2.24, 2.45) is 0 Å². The Morgan fingerprint density at radius 2 is 2.00 bits per heavy atom. The number of carbonyl (C=O) groups is 2. The third-order valence-electron chi connectivity index (χ3n) is 2.42. The predicted octanol–water partition coefficient (Wildman–Crippen LogP) is 0.402. The molecular weight excluding hydrogens is 286 g/mol. The lowest BCUT2D eigenvalue weighted by atomic mass is 10.1. The van der Waals surface area contributed by atoms with Crippen LogP contribution in [0.15, 0.2) is 18.2 Å². The molecule has 0 spiro atoms. The first-order valence-electron chi connectivity index (χ1n) is 5.64. The zero-order valence-electron chi connectivity index (χ0n) is 11.0. The molecule has 1 amide bonds. The average Bonchev–Trinajstić information content (AvgIpc) is 2.33. The van der Waals surface area contributed by atoms with Gasteiger partial charge in [0.15, 0.2) is 0 Å². The number of carboxylic acids is 1. The number of benzene rings is 1. The van der Waals surface area contributed by atoms with E-state index < -0.39 is 21.9 Å². The molecule has 0 saturated carbocycles. The second kappa shape index (κ2) is 6.38. The minimum atomic E-state index is -3.66. The summed E-state index contributed by atoms with van der Waals surface area (Å²) in [7, 11) is -2.32. The van der Waals surface area contributed by atoms with Gasteiger partial charge in [0, 0.05) is 6.42 Å². The molecule has 0 atom stereocenters. The molecular formula is C12H15NO6S. The zero-order chi connectivity index (χ0) is 15.3. The molecule has 8 heteroatoms. The van der Waals surface area contributed by atoms with E-state index in [2.05, 4.69) is 0 Å². The summed E-state index contributed by atoms with van der Waals surface area (Å²) in [6.45, 7) is 0. The number of amides is 1. The molecule has 110 valence electrons. The van der Waals surface area contributed by atoms with E-state index in [1.165, 1.54) is 19.2 Å². The van der Waals surface area contributed by atoms with E-state index in [0.29, 0.717) is 12.0 Å². The van der Waals surface area contributed by atoms with Gasteiger partial charge in [0.05, 0.1) is 18.9 Å². The van der Waals surface area contributed by atoms with E-state index in [0.717, 1.165) is 6.26 Å². The smallest absolute Gasteiger partial charge is 0.303 e. The van der Waals surface area contributed by atoms with Crippen LogP contribution in [0.4, 0.5) is 0 Å². The molecule has 2 N–H and O–H groups in total. The van der Waals surface area contributed by atoms with Crippen LogP contribution in [-0.2, 0) is 21.2 Å². The van der Waals surface area contributed by atoms with E-state index >= 15 is 0 Å². The Morgan fingerprint density at radius 3 is 2.50 bits per heavy atom. The van der Waals surface area contributed by atoms with E-state index in [-0.39, 0.29) is 17.7 Å². The first-order valence-corrected chi connectivity index (χ1v) is 7.53. The summed E-state index contributed by atoms with van der Waals surface area (Å²) in [5, 5.41) is 8.61. The van der Waals surface area contributed by atoms with Gasteiger partial charge in [-0.15, -0.1) is 0 Å². The van der Waals surface area contributed by atoms with Gasteiger partial charge in [-0.3, -0.25) is 9.59 Å². The Hall–Kier alpha value is -2.09. The van der Waals surface area contributed by atoms with Gasteiger partial charge in [-0.25, -0.2) is 13.1 Å². The van der Waals surface area contributed by atoms with Crippen LogP contribution < -0.4 is 9.46 Å². The number of sulfonamides is 1. The molecule has 0 aliphatic carbocycles. The fourth-order valence-electron chi connectivity index (χ4n) is 1.55. The summed E-state index contributed by atoms with van der Waals surface area (Å²) in [4.78, 5) is 22.2. The molecule has 7 nitrogen and oxygen atoms in total. The number of methoxy groups -OCH3 is 1. The van der Waals surface area contributed by atoms with Crippen molar-refractivity contribution in [2.75, 3.05) is 13.4 Å². The molecule has 0 aliphatic heterocycles. The predicted molar refractivity (Wildman–Crippen MR) is 71.3 cm³/mol. The molecule has 0 aliphatic rings. The van der Waals surface area contributed by atoms with Gasteiger partial charge in [-0.1, -0.05) is 6.07 Å². The lowest BCUT2D eigenvalue weighted by molar-refractivity contribution is -0.136. The molecule has 0 heterocycles. The number of hydrogen-bond acceptors (Lipinski definition) is 5. The quantitative estimate of drug-likeness (QED) is 0.787. The first kappa shape index (κ1) is 16.0. The third-order valence-corrected chi connectivity index (χ3v) is 2.97. The molecule has 1 aromatic rings. The monoisotopic (exact) mass is 301 g/mol. The van der Waals surface area contributed by atoms with Crippen molar-refractivity contribution in [1.29, 1.82) is 0 Å². The van der Waals surface area contributed by atoms with Crippen LogP contribution in [0.25, 0.3) is 0 Å². The Balaban J connectivity index is 2.98. The number of aryl methyl sites for hydroxylation is 1. The van der Waals surface area contributed by atoms with Crippen LogP contribution in [0.3, 0.4) is 0 Å². The van der Waals surface area contributed by atoms with Crippen molar-refractivity contribution in [2.45, 2.75) is 12.8 Å². The van der Waals surface area contributed by atoms with Crippen molar-refractivity contribution >= 4 is 21.9 Å². The topological polar surface area (TPSA) is 110 Å². The number of hydrogen-bond donors (Lipinski definition) is 2. The highest BCUT2D eigenvalue weighted by atomic mass is 32.2. The van der Waals surface area contributed by atoms with Crippen LogP contribution in [0.1, 0.15) is 22.3 Å². The molecule has 0 unspecified atom stereocenters. The fraction of sp³-hybridized carbons (Fsp3) is 0.333. The van der Waals surface area contributed by atoms with Crippen LogP contribution in [0, 0.1) is 0 Å². The highest BCUT2D eigenvalue weighted by Gasteiger charge is 2.16. The lowest BCUT2D eigenvalue weighted by Crippen LogP contribution is -2.29. The number of aliphatic carboxylic acids is 1. The number of rotatable bonds is 6. The highest BCUT2D eigenvalue weighted by molar-refractivity contribution is 7.89. The summed E-state index contributed by atoms with van der Waals surface area (Å²) < 4.78 is 28.9. The van der Waals surface area contributed by atoms with E-state index in [1.807, 2.05) is 4.72 Å². The molecule has 0 aromatic heterocycles. The average molecular weight is 301 g/mol. The Kier molecular flexibility index (Phi) is 5.09. The summed E-state index contributed by atoms with van der Waals surface area (Å²) >= 11 is 0. The minimum absolute atomic E-state index is 0.0436. The largest absolute Gasteiger partial charge is 0.496 e. The van der Waals surface area contributed by atoms with Crippen LogP contribution in [0.2, 0.25) is 0 Å². The Morgan fingerprint density at radius 1 is 1.35 bits per heavy atom. The van der Waals surface area contributed by atoms with E-state index in [1.54, 1.807) is 6.07 Å². The Labute approximate surface area is 116 Å². The highest BCUT2D eigenvalue weighted by Crippen LogP contribution is 2.21. The van der Waals surface area contributed by atoms with Crippen molar-refractivity contribution in [1.82, 2.24) is 4.72 Å². The second-order valence-corrected chi connectivity index (χ2v) is 5.88. The normalized spacial score (nSPS) is 10.9. The standard InChI is InChI=1S/C12H15NO6S/c1-19-10-7-8(4-6-11(14)15)3-5-9(10)12(16)13-20(2,17)18/h3,5,7H,4,6H2,1-2H3,(H,13,16)(H,14,15). The van der Waals surface area contributed by atoms with E-state index in [4.69, 9.17) is 9.84 Å². The number of nitrogens with one attached hydrogen (secondary N) is 1. The Bertz CT molecular complexity index is 623. The van der Waals surface area contributed by atoms with Gasteiger partial charge in [0.1, 0.15) is 5.75 Å². The summed E-state index contributed by atoms with van der Waals surface area (Å²) in [5.74, 6) is -1.54. The molecule has 0 fully saturated rings. The van der Waals surface area contributed by atoms with Gasteiger partial charge >= 0.3 is 5.97 Å². The SMILES string of the molecule is COc1cc(CCC(=O)O)ccc1C(=O)NS(C)(=O)=O. The number of ether oxygens (including phenoxy) is 1. The lowest BCUT2D eigenvalue weighted by Gasteiger charge is -2.10. The van der Waals surface area contributed by atoms with E-state index in [9.17, 15) is 18.0 Å². The summed E-state index contributed by atoms with van der Waals surface area (Å²) in [5.41, 5.74) is 0.747. The zero-order valence-corrected chi connectivity index (χ0v) is 11.9.